The zero-order chi connectivity index (χ0) is 16.7. The summed E-state index contributed by atoms with van der Waals surface area (Å²) in [5, 5.41) is 6.67. The van der Waals surface area contributed by atoms with E-state index < -0.39 is 0 Å². The Hall–Kier alpha value is -1.30. The second-order valence-electron chi connectivity index (χ2n) is 7.74. The molecule has 1 aliphatic carbocycles. The number of amides is 1. The van der Waals surface area contributed by atoms with E-state index in [2.05, 4.69) is 29.5 Å². The van der Waals surface area contributed by atoms with Crippen LogP contribution in [0.4, 0.5) is 0 Å². The number of hydrogen-bond donors (Lipinski definition) is 3. The number of para-hydroxylation sites is 2. The molecule has 2 unspecified atom stereocenters. The zero-order valence-corrected chi connectivity index (χ0v) is 16.9. The molecule has 2 atom stereocenters. The highest BCUT2D eigenvalue weighted by atomic mass is 35.5. The minimum absolute atomic E-state index is 0. The molecule has 1 saturated heterocycles. The molecule has 144 valence electrons. The molecule has 1 aromatic heterocycles. The van der Waals surface area contributed by atoms with Crippen molar-refractivity contribution in [2.24, 2.45) is 17.3 Å². The fourth-order valence-corrected chi connectivity index (χ4v) is 4.12. The van der Waals surface area contributed by atoms with Crippen LogP contribution in [0.2, 0.25) is 0 Å². The summed E-state index contributed by atoms with van der Waals surface area (Å²) in [6.07, 6.45) is 3.30. The molecule has 0 bridgehead atoms. The molecule has 7 heteroatoms. The first-order valence-electron chi connectivity index (χ1n) is 9.05. The van der Waals surface area contributed by atoms with Crippen LogP contribution >= 0.6 is 24.8 Å². The fourth-order valence-electron chi connectivity index (χ4n) is 4.12. The smallest absolute Gasteiger partial charge is 0.224 e. The highest BCUT2D eigenvalue weighted by Gasteiger charge is 2.57. The van der Waals surface area contributed by atoms with Gasteiger partial charge < -0.3 is 15.6 Å². The fraction of sp³-hybridized carbons (Fsp3) is 0.579. The highest BCUT2D eigenvalue weighted by molar-refractivity contribution is 5.85. The van der Waals surface area contributed by atoms with Gasteiger partial charge in [0.1, 0.15) is 5.82 Å². The van der Waals surface area contributed by atoms with Gasteiger partial charge in [-0.15, -0.1) is 24.8 Å². The van der Waals surface area contributed by atoms with Crippen molar-refractivity contribution in [1.82, 2.24) is 20.6 Å². The number of carbonyl (C=O) groups is 1. The van der Waals surface area contributed by atoms with Crippen molar-refractivity contribution in [3.8, 4) is 0 Å². The molecule has 4 rings (SSSR count). The topological polar surface area (TPSA) is 69.8 Å². The summed E-state index contributed by atoms with van der Waals surface area (Å²) in [5.41, 5.74) is 2.24. The number of rotatable bonds is 4. The highest BCUT2D eigenvalue weighted by Crippen LogP contribution is 2.58. The molecule has 1 saturated carbocycles. The molecular formula is C19H28Cl2N4O. The van der Waals surface area contributed by atoms with E-state index in [0.717, 1.165) is 49.2 Å². The molecule has 0 radical (unpaired) electrons. The van der Waals surface area contributed by atoms with E-state index in [1.165, 1.54) is 0 Å². The van der Waals surface area contributed by atoms with Crippen LogP contribution in [-0.4, -0.2) is 29.0 Å². The van der Waals surface area contributed by atoms with Crippen molar-refractivity contribution >= 4 is 41.8 Å². The zero-order valence-electron chi connectivity index (χ0n) is 15.2. The van der Waals surface area contributed by atoms with E-state index in [0.29, 0.717) is 0 Å². The molecular weight excluding hydrogens is 371 g/mol. The SMILES string of the molecule is CC(C)C(NC(=O)C1CC12CCNCC2)c1nc2ccccc2[nH]1.Cl.Cl. The van der Waals surface area contributed by atoms with Gasteiger partial charge in [-0.2, -0.15) is 0 Å². The Morgan fingerprint density at radius 2 is 1.92 bits per heavy atom. The molecule has 2 fully saturated rings. The number of benzene rings is 1. The third kappa shape index (κ3) is 3.85. The van der Waals surface area contributed by atoms with E-state index in [-0.39, 0.29) is 54.0 Å². The van der Waals surface area contributed by atoms with Gasteiger partial charge in [0, 0.05) is 5.92 Å². The van der Waals surface area contributed by atoms with Gasteiger partial charge in [-0.05, 0) is 55.8 Å². The van der Waals surface area contributed by atoms with Crippen molar-refractivity contribution in [2.75, 3.05) is 13.1 Å². The van der Waals surface area contributed by atoms with Crippen molar-refractivity contribution in [3.05, 3.63) is 30.1 Å². The molecule has 2 aliphatic rings. The van der Waals surface area contributed by atoms with E-state index in [1.54, 1.807) is 0 Å². The average Bonchev–Trinajstić information content (AvgIpc) is 3.09. The summed E-state index contributed by atoms with van der Waals surface area (Å²) in [6, 6.07) is 7.94. The first kappa shape index (κ1) is 21.0. The lowest BCUT2D eigenvalue weighted by molar-refractivity contribution is -0.124. The Morgan fingerprint density at radius 3 is 2.58 bits per heavy atom. The van der Waals surface area contributed by atoms with Gasteiger partial charge in [0.05, 0.1) is 17.1 Å². The number of aromatic amines is 1. The van der Waals surface area contributed by atoms with Crippen LogP contribution in [0.5, 0.6) is 0 Å². The molecule has 1 amide bonds. The van der Waals surface area contributed by atoms with E-state index in [4.69, 9.17) is 4.98 Å². The molecule has 5 nitrogen and oxygen atoms in total. The summed E-state index contributed by atoms with van der Waals surface area (Å²) >= 11 is 0. The number of nitrogens with zero attached hydrogens (tertiary/aromatic N) is 1. The normalized spacial score (nSPS) is 21.7. The Kier molecular flexibility index (Phi) is 6.59. The van der Waals surface area contributed by atoms with Crippen LogP contribution in [0, 0.1) is 17.3 Å². The van der Waals surface area contributed by atoms with Crippen molar-refractivity contribution < 1.29 is 4.79 Å². The largest absolute Gasteiger partial charge is 0.346 e. The van der Waals surface area contributed by atoms with E-state index in [9.17, 15) is 4.79 Å². The van der Waals surface area contributed by atoms with Crippen molar-refractivity contribution in [1.29, 1.82) is 0 Å². The molecule has 3 N–H and O–H groups in total. The third-order valence-electron chi connectivity index (χ3n) is 5.77. The lowest BCUT2D eigenvalue weighted by Crippen LogP contribution is -2.37. The predicted molar refractivity (Wildman–Crippen MR) is 109 cm³/mol. The monoisotopic (exact) mass is 398 g/mol. The minimum atomic E-state index is -0.0655. The number of carbonyl (C=O) groups excluding carboxylic acids is 1. The average molecular weight is 399 g/mol. The number of halogens is 2. The summed E-state index contributed by atoms with van der Waals surface area (Å²) in [6.45, 7) is 6.35. The number of H-pyrrole nitrogens is 1. The lowest BCUT2D eigenvalue weighted by atomic mass is 9.91. The van der Waals surface area contributed by atoms with Gasteiger partial charge in [0.25, 0.3) is 0 Å². The predicted octanol–water partition coefficient (Wildman–Crippen LogP) is 3.61. The molecule has 2 heterocycles. The Morgan fingerprint density at radius 1 is 1.23 bits per heavy atom. The van der Waals surface area contributed by atoms with Gasteiger partial charge in [0.2, 0.25) is 5.91 Å². The van der Waals surface area contributed by atoms with Gasteiger partial charge in [-0.3, -0.25) is 4.79 Å². The summed E-state index contributed by atoms with van der Waals surface area (Å²) in [4.78, 5) is 20.9. The van der Waals surface area contributed by atoms with Crippen LogP contribution in [-0.2, 0) is 4.79 Å². The van der Waals surface area contributed by atoms with Crippen LogP contribution in [0.3, 0.4) is 0 Å². The number of fused-ring (bicyclic) bond motifs is 1. The molecule has 1 aromatic carbocycles. The van der Waals surface area contributed by atoms with Gasteiger partial charge in [-0.25, -0.2) is 4.98 Å². The summed E-state index contributed by atoms with van der Waals surface area (Å²) < 4.78 is 0. The Bertz CT molecular complexity index is 722. The van der Waals surface area contributed by atoms with Crippen LogP contribution in [0.15, 0.2) is 24.3 Å². The number of aromatic nitrogens is 2. The Balaban J connectivity index is 0.00000121. The number of nitrogens with one attached hydrogen (secondary N) is 3. The standard InChI is InChI=1S/C19H26N4O.2ClH/c1-12(2)16(17-21-14-5-3-4-6-15(14)22-17)23-18(24)13-11-19(13)7-9-20-10-8-19;;/h3-6,12-13,16,20H,7-11H2,1-2H3,(H,21,22)(H,23,24);2*1H. The van der Waals surface area contributed by atoms with Gasteiger partial charge in [0.15, 0.2) is 0 Å². The third-order valence-corrected chi connectivity index (χ3v) is 5.77. The number of imidazole rings is 1. The van der Waals surface area contributed by atoms with Crippen LogP contribution in [0.25, 0.3) is 11.0 Å². The maximum absolute atomic E-state index is 12.8. The van der Waals surface area contributed by atoms with Crippen molar-refractivity contribution in [2.45, 2.75) is 39.2 Å². The Labute approximate surface area is 166 Å². The first-order valence-corrected chi connectivity index (χ1v) is 9.05. The lowest BCUT2D eigenvalue weighted by Gasteiger charge is -2.25. The van der Waals surface area contributed by atoms with Crippen LogP contribution < -0.4 is 10.6 Å². The quantitative estimate of drug-likeness (QED) is 0.736. The minimum Gasteiger partial charge on any atom is -0.346 e. The second-order valence-corrected chi connectivity index (χ2v) is 7.74. The molecule has 2 aromatic rings. The molecule has 1 aliphatic heterocycles. The molecule has 1 spiro atoms. The van der Waals surface area contributed by atoms with Gasteiger partial charge in [-0.1, -0.05) is 26.0 Å². The maximum atomic E-state index is 12.8. The van der Waals surface area contributed by atoms with E-state index >= 15 is 0 Å². The first-order chi connectivity index (χ1) is 11.6. The van der Waals surface area contributed by atoms with Crippen molar-refractivity contribution in [3.63, 3.8) is 0 Å². The summed E-state index contributed by atoms with van der Waals surface area (Å²) in [5.74, 6) is 1.54. The second kappa shape index (κ2) is 8.15. The number of piperidine rings is 1. The van der Waals surface area contributed by atoms with Gasteiger partial charge >= 0.3 is 0 Å². The summed E-state index contributed by atoms with van der Waals surface area (Å²) in [7, 11) is 0. The molecule has 26 heavy (non-hydrogen) atoms. The van der Waals surface area contributed by atoms with Crippen LogP contribution in [0.1, 0.15) is 45.0 Å². The number of hydrogen-bond acceptors (Lipinski definition) is 3. The van der Waals surface area contributed by atoms with E-state index in [1.807, 2.05) is 24.3 Å². The maximum Gasteiger partial charge on any atom is 0.224 e.